The lowest BCUT2D eigenvalue weighted by molar-refractivity contribution is 0.670. The van der Waals surface area contributed by atoms with Crippen LogP contribution in [0.4, 0.5) is 0 Å². The molecule has 8 rings (SSSR count). The second-order valence-electron chi connectivity index (χ2n) is 10.0. The Kier molecular flexibility index (Phi) is 4.89. The van der Waals surface area contributed by atoms with Gasteiger partial charge in [0.1, 0.15) is 11.2 Å². The molecule has 0 saturated carbocycles. The van der Waals surface area contributed by atoms with Crippen molar-refractivity contribution in [3.8, 4) is 33.4 Å². The van der Waals surface area contributed by atoms with Crippen molar-refractivity contribution in [2.75, 3.05) is 0 Å². The highest BCUT2D eigenvalue weighted by Gasteiger charge is 2.21. The predicted molar refractivity (Wildman–Crippen MR) is 165 cm³/mol. The fourth-order valence-electron chi connectivity index (χ4n) is 6.22. The Morgan fingerprint density at radius 2 is 0.795 bits per heavy atom. The van der Waals surface area contributed by atoms with Crippen molar-refractivity contribution in [2.24, 2.45) is 0 Å². The topological polar surface area (TPSA) is 13.1 Å². The molecule has 0 aliphatic heterocycles. The molecule has 0 aliphatic carbocycles. The second-order valence-corrected chi connectivity index (χ2v) is 10.0. The highest BCUT2D eigenvalue weighted by molar-refractivity contribution is 6.26. The minimum absolute atomic E-state index is 0.909. The van der Waals surface area contributed by atoms with Crippen LogP contribution in [0.3, 0.4) is 0 Å². The minimum Gasteiger partial charge on any atom is -0.455 e. The first-order chi connectivity index (χ1) is 19.4. The van der Waals surface area contributed by atoms with Crippen LogP contribution in [0.5, 0.6) is 0 Å². The summed E-state index contributed by atoms with van der Waals surface area (Å²) in [6.45, 7) is 0. The molecule has 0 aliphatic rings. The summed E-state index contributed by atoms with van der Waals surface area (Å²) >= 11 is 0. The number of benzene rings is 7. The Morgan fingerprint density at radius 3 is 1.41 bits per heavy atom. The standard InChI is InChI=1S/C38H24O/c1-3-13-25(14-4-1)27-23-24-33(37-32-21-11-12-22-34(32)39-38(27)37)36-30-19-9-7-17-28(30)35(26-15-5-2-6-16-26)29-18-8-10-20-31(29)36/h1-24H. The quantitative estimate of drug-likeness (QED) is 0.222. The first-order valence-electron chi connectivity index (χ1n) is 13.4. The van der Waals surface area contributed by atoms with E-state index in [1.165, 1.54) is 43.8 Å². The summed E-state index contributed by atoms with van der Waals surface area (Å²) in [5, 5.41) is 7.30. The molecule has 0 fully saturated rings. The van der Waals surface area contributed by atoms with Crippen LogP contribution in [-0.2, 0) is 0 Å². The molecule has 0 spiro atoms. The van der Waals surface area contributed by atoms with E-state index in [0.29, 0.717) is 0 Å². The smallest absolute Gasteiger partial charge is 0.143 e. The van der Waals surface area contributed by atoms with Crippen LogP contribution in [0.25, 0.3) is 76.9 Å². The van der Waals surface area contributed by atoms with E-state index in [4.69, 9.17) is 4.42 Å². The summed E-state index contributed by atoms with van der Waals surface area (Å²) in [5.41, 5.74) is 9.06. The van der Waals surface area contributed by atoms with Crippen LogP contribution >= 0.6 is 0 Å². The van der Waals surface area contributed by atoms with Crippen LogP contribution in [0.2, 0.25) is 0 Å². The Hall–Kier alpha value is -5.14. The third kappa shape index (κ3) is 3.34. The van der Waals surface area contributed by atoms with Gasteiger partial charge in [-0.3, -0.25) is 0 Å². The van der Waals surface area contributed by atoms with Crippen molar-refractivity contribution >= 4 is 43.5 Å². The normalized spacial score (nSPS) is 11.6. The highest BCUT2D eigenvalue weighted by Crippen LogP contribution is 2.48. The van der Waals surface area contributed by atoms with Gasteiger partial charge in [-0.15, -0.1) is 0 Å². The first kappa shape index (κ1) is 21.9. The maximum Gasteiger partial charge on any atom is 0.143 e. The van der Waals surface area contributed by atoms with Crippen molar-refractivity contribution in [2.45, 2.75) is 0 Å². The molecule has 1 nitrogen and oxygen atoms in total. The van der Waals surface area contributed by atoms with Crippen LogP contribution < -0.4 is 0 Å². The number of furan rings is 1. The van der Waals surface area contributed by atoms with Gasteiger partial charge in [-0.25, -0.2) is 0 Å². The zero-order valence-electron chi connectivity index (χ0n) is 21.3. The molecule has 39 heavy (non-hydrogen) atoms. The maximum atomic E-state index is 6.62. The summed E-state index contributed by atoms with van der Waals surface area (Å²) in [5.74, 6) is 0. The van der Waals surface area contributed by atoms with Crippen molar-refractivity contribution in [3.05, 3.63) is 146 Å². The fraction of sp³-hybridized carbons (Fsp3) is 0. The molecule has 1 heteroatoms. The average Bonchev–Trinajstić information content (AvgIpc) is 3.40. The van der Waals surface area contributed by atoms with Gasteiger partial charge in [-0.1, -0.05) is 133 Å². The highest BCUT2D eigenvalue weighted by atomic mass is 16.3. The number of para-hydroxylation sites is 1. The van der Waals surface area contributed by atoms with Crippen molar-refractivity contribution in [1.29, 1.82) is 0 Å². The van der Waals surface area contributed by atoms with Gasteiger partial charge in [-0.05, 0) is 61.5 Å². The predicted octanol–water partition coefficient (Wildman–Crippen LogP) is 10.9. The van der Waals surface area contributed by atoms with Gasteiger partial charge < -0.3 is 4.42 Å². The lowest BCUT2D eigenvalue weighted by Crippen LogP contribution is -1.91. The van der Waals surface area contributed by atoms with Crippen molar-refractivity contribution in [1.82, 2.24) is 0 Å². The summed E-state index contributed by atoms with van der Waals surface area (Å²) in [4.78, 5) is 0. The summed E-state index contributed by atoms with van der Waals surface area (Å²) in [6, 6.07) is 51.9. The van der Waals surface area contributed by atoms with Gasteiger partial charge >= 0.3 is 0 Å². The van der Waals surface area contributed by atoms with Gasteiger partial charge in [0, 0.05) is 16.3 Å². The third-order valence-electron chi connectivity index (χ3n) is 7.87. The molecule has 0 atom stereocenters. The summed E-state index contributed by atoms with van der Waals surface area (Å²) < 4.78 is 6.62. The zero-order chi connectivity index (χ0) is 25.8. The SMILES string of the molecule is c1ccc(-c2c3ccccc3c(-c3ccc(-c4ccccc4)c4oc5ccccc5c34)c3ccccc23)cc1. The Morgan fingerprint density at radius 1 is 0.333 bits per heavy atom. The molecule has 8 aromatic rings. The Labute approximate surface area is 226 Å². The number of hydrogen-bond donors (Lipinski definition) is 0. The molecule has 182 valence electrons. The van der Waals surface area contributed by atoms with E-state index in [1.807, 2.05) is 6.07 Å². The Bertz CT molecular complexity index is 2090. The molecule has 7 aromatic carbocycles. The molecule has 0 bridgehead atoms. The fourth-order valence-corrected chi connectivity index (χ4v) is 6.22. The van der Waals surface area contributed by atoms with E-state index < -0.39 is 0 Å². The van der Waals surface area contributed by atoms with E-state index in [9.17, 15) is 0 Å². The summed E-state index contributed by atoms with van der Waals surface area (Å²) in [6.07, 6.45) is 0. The van der Waals surface area contributed by atoms with Gasteiger partial charge in [0.2, 0.25) is 0 Å². The monoisotopic (exact) mass is 496 g/mol. The molecule has 0 unspecified atom stereocenters. The first-order valence-corrected chi connectivity index (χ1v) is 13.4. The summed E-state index contributed by atoms with van der Waals surface area (Å²) in [7, 11) is 0. The van der Waals surface area contributed by atoms with Crippen molar-refractivity contribution < 1.29 is 4.42 Å². The molecule has 0 radical (unpaired) electrons. The van der Waals surface area contributed by atoms with E-state index >= 15 is 0 Å². The van der Waals surface area contributed by atoms with Crippen molar-refractivity contribution in [3.63, 3.8) is 0 Å². The average molecular weight is 497 g/mol. The molecular formula is C38H24O. The second kappa shape index (κ2) is 8.72. The molecule has 0 saturated heterocycles. The van der Waals surface area contributed by atoms with Crippen LogP contribution in [-0.4, -0.2) is 0 Å². The third-order valence-corrected chi connectivity index (χ3v) is 7.87. The van der Waals surface area contributed by atoms with Crippen LogP contribution in [0.15, 0.2) is 150 Å². The number of hydrogen-bond acceptors (Lipinski definition) is 1. The Balaban J connectivity index is 1.56. The van der Waals surface area contributed by atoms with Crippen LogP contribution in [0, 0.1) is 0 Å². The number of fused-ring (bicyclic) bond motifs is 5. The molecule has 1 heterocycles. The van der Waals surface area contributed by atoms with E-state index in [2.05, 4.69) is 140 Å². The maximum absolute atomic E-state index is 6.62. The zero-order valence-corrected chi connectivity index (χ0v) is 21.3. The molecule has 1 aromatic heterocycles. The lowest BCUT2D eigenvalue weighted by atomic mass is 9.84. The largest absolute Gasteiger partial charge is 0.455 e. The van der Waals surface area contributed by atoms with Gasteiger partial charge in [-0.2, -0.15) is 0 Å². The van der Waals surface area contributed by atoms with E-state index in [0.717, 1.165) is 33.1 Å². The van der Waals surface area contributed by atoms with Gasteiger partial charge in [0.05, 0.1) is 0 Å². The van der Waals surface area contributed by atoms with E-state index in [1.54, 1.807) is 0 Å². The number of rotatable bonds is 3. The minimum atomic E-state index is 0.909. The molecular weight excluding hydrogens is 472 g/mol. The van der Waals surface area contributed by atoms with E-state index in [-0.39, 0.29) is 0 Å². The molecule has 0 amide bonds. The van der Waals surface area contributed by atoms with Gasteiger partial charge in [0.25, 0.3) is 0 Å². The van der Waals surface area contributed by atoms with Gasteiger partial charge in [0.15, 0.2) is 0 Å². The molecule has 0 N–H and O–H groups in total. The lowest BCUT2D eigenvalue weighted by Gasteiger charge is -2.18. The van der Waals surface area contributed by atoms with Crippen LogP contribution in [0.1, 0.15) is 0 Å².